The van der Waals surface area contributed by atoms with Gasteiger partial charge < -0.3 is 19.3 Å². The van der Waals surface area contributed by atoms with E-state index in [0.717, 1.165) is 151 Å². The topological polar surface area (TPSA) is 14.7 Å². The number of hydrogen-bond donors (Lipinski definition) is 0. The molecule has 0 fully saturated rings. The molecular weight excluding hydrogens is 1240 g/mol. The van der Waals surface area contributed by atoms with Crippen molar-refractivity contribution in [2.75, 3.05) is 14.7 Å². The SMILES string of the molecule is [2H]c1c([2H])c([2H])c(-c2ccc3c(c2)N(c2cc(-c4ccccc4)cc(-c4ccccc4)c2)c2cc(-c4cc(C(C)(C)C)cc(C(C)(C)C)c4)cc4c2B3c2ccc(-n3c5ccccc5c5cc(N(c6ccccc6)c6ccccc6)ccc53)cc2N4c2cc(-c3ccccc3)cc(-c3ccccc3)c2)c([2H])c1[2H]. The minimum absolute atomic E-state index is 0.138. The van der Waals surface area contributed by atoms with Crippen molar-refractivity contribution in [3.63, 3.8) is 0 Å². The average molecular weight is 1330 g/mol. The zero-order valence-corrected chi connectivity index (χ0v) is 58.5. The van der Waals surface area contributed by atoms with Gasteiger partial charge in [-0.2, -0.15) is 0 Å². The third kappa shape index (κ3) is 11.4. The fraction of sp³-hybridized carbons (Fsp3) is 0.0816. The Morgan fingerprint density at radius 1 is 0.282 bits per heavy atom. The molecule has 0 bridgehead atoms. The van der Waals surface area contributed by atoms with E-state index in [1.165, 1.54) is 11.1 Å². The molecule has 0 spiro atoms. The summed E-state index contributed by atoms with van der Waals surface area (Å²) in [5.41, 5.74) is 28.3. The molecule has 0 N–H and O–H groups in total. The summed E-state index contributed by atoms with van der Waals surface area (Å²) in [6.07, 6.45) is 0. The lowest BCUT2D eigenvalue weighted by molar-refractivity contribution is 0.569. The molecule has 5 heteroatoms. The number of anilines is 9. The van der Waals surface area contributed by atoms with Gasteiger partial charge in [-0.1, -0.05) is 284 Å². The van der Waals surface area contributed by atoms with E-state index in [2.05, 4.69) is 382 Å². The number of benzene rings is 15. The molecule has 2 aliphatic heterocycles. The first-order valence-electron chi connectivity index (χ1n) is 38.2. The minimum atomic E-state index is -0.435. The van der Waals surface area contributed by atoms with Crippen LogP contribution >= 0.6 is 0 Å². The average Bonchev–Trinajstić information content (AvgIpc) is 0.712. The molecule has 0 amide bonds. The second-order valence-corrected chi connectivity index (χ2v) is 29.4. The van der Waals surface area contributed by atoms with Crippen LogP contribution in [0.4, 0.5) is 51.2 Å². The zero-order valence-electron chi connectivity index (χ0n) is 63.5. The van der Waals surface area contributed by atoms with Gasteiger partial charge in [0.05, 0.1) is 17.9 Å². The van der Waals surface area contributed by atoms with Crippen molar-refractivity contribution in [2.24, 2.45) is 0 Å². The van der Waals surface area contributed by atoms with E-state index in [1.54, 1.807) is 0 Å². The van der Waals surface area contributed by atoms with Gasteiger partial charge in [0.1, 0.15) is 0 Å². The van der Waals surface area contributed by atoms with Crippen molar-refractivity contribution in [2.45, 2.75) is 52.4 Å². The van der Waals surface area contributed by atoms with Gasteiger partial charge >= 0.3 is 0 Å². The van der Waals surface area contributed by atoms with Crippen LogP contribution in [-0.2, 0) is 10.8 Å². The summed E-state index contributed by atoms with van der Waals surface area (Å²) in [4.78, 5) is 7.30. The predicted octanol–water partition coefficient (Wildman–Crippen LogP) is 24.9. The summed E-state index contributed by atoms with van der Waals surface area (Å²) in [7, 11) is 0. The Bertz CT molecular complexity index is 6000. The van der Waals surface area contributed by atoms with E-state index in [9.17, 15) is 2.74 Å². The van der Waals surface area contributed by atoms with Crippen molar-refractivity contribution < 1.29 is 6.85 Å². The van der Waals surface area contributed by atoms with E-state index in [1.807, 2.05) is 6.07 Å². The van der Waals surface area contributed by atoms with Gasteiger partial charge in [0.15, 0.2) is 0 Å². The molecule has 1 aromatic heterocycles. The summed E-state index contributed by atoms with van der Waals surface area (Å²) >= 11 is 0. The largest absolute Gasteiger partial charge is 0.311 e. The number of aromatic nitrogens is 1. The molecule has 2 aliphatic rings. The standard InChI is InChI=1S/C98H77BN4/c1-97(2,3)78-54-76(55-79(63-78)98(4,5)6)77-61-94-96-95(62-77)103(85-58-74(69-36-20-10-21-37-69)53-75(59-85)70-38-22-11-23-39-70)93-65-83(101-90-45-29-28-44-86(90)87-64-82(48-51-91(87)101)100(80-40-24-12-25-41-80)81-42-26-13-27-43-81)47-50-89(93)99(96)88-49-46-71(66-30-14-7-15-31-66)60-92(88)102(94)84-56-72(67-32-16-8-17-33-67)52-73(57-84)68-34-18-9-19-35-68/h7-65H,1-6H3/i7D,14D,15D,30D,31D. The summed E-state index contributed by atoms with van der Waals surface area (Å²) in [5.74, 6) is 0. The Morgan fingerprint density at radius 2 is 0.689 bits per heavy atom. The van der Waals surface area contributed by atoms with Gasteiger partial charge in [-0.05, 0) is 220 Å². The third-order valence-electron chi connectivity index (χ3n) is 20.8. The first-order valence-corrected chi connectivity index (χ1v) is 35.7. The van der Waals surface area contributed by atoms with Crippen molar-refractivity contribution in [1.82, 2.24) is 4.57 Å². The fourth-order valence-corrected chi connectivity index (χ4v) is 15.7. The molecule has 16 aromatic rings. The molecule has 0 radical (unpaired) electrons. The monoisotopic (exact) mass is 1330 g/mol. The van der Waals surface area contributed by atoms with Crippen molar-refractivity contribution in [3.05, 3.63) is 369 Å². The number of fused-ring (bicyclic) bond motifs is 7. The lowest BCUT2D eigenvalue weighted by Crippen LogP contribution is -2.61. The lowest BCUT2D eigenvalue weighted by atomic mass is 9.33. The van der Waals surface area contributed by atoms with Crippen molar-refractivity contribution in [1.29, 1.82) is 0 Å². The predicted molar refractivity (Wildman–Crippen MR) is 440 cm³/mol. The number of rotatable bonds is 12. The Kier molecular flexibility index (Phi) is 14.1. The maximum Gasteiger partial charge on any atom is 0.252 e. The fourth-order valence-electron chi connectivity index (χ4n) is 15.7. The highest BCUT2D eigenvalue weighted by Gasteiger charge is 2.45. The van der Waals surface area contributed by atoms with E-state index in [4.69, 9.17) is 4.11 Å². The van der Waals surface area contributed by atoms with E-state index < -0.39 is 12.8 Å². The molecule has 3 heterocycles. The summed E-state index contributed by atoms with van der Waals surface area (Å²) in [6, 6.07) is 117. The molecular formula is C98H77BN4. The number of para-hydroxylation sites is 3. The lowest BCUT2D eigenvalue weighted by Gasteiger charge is -2.45. The van der Waals surface area contributed by atoms with Crippen LogP contribution in [0.1, 0.15) is 59.5 Å². The van der Waals surface area contributed by atoms with Crippen LogP contribution in [0, 0.1) is 0 Å². The Morgan fingerprint density at radius 3 is 1.17 bits per heavy atom. The molecule has 492 valence electrons. The van der Waals surface area contributed by atoms with Crippen LogP contribution in [0.15, 0.2) is 358 Å². The van der Waals surface area contributed by atoms with Crippen molar-refractivity contribution >= 4 is 96.1 Å². The highest BCUT2D eigenvalue weighted by molar-refractivity contribution is 7.00. The second kappa shape index (κ2) is 25.3. The highest BCUT2D eigenvalue weighted by Crippen LogP contribution is 2.51. The van der Waals surface area contributed by atoms with E-state index in [-0.39, 0.29) is 40.6 Å². The minimum Gasteiger partial charge on any atom is -0.311 e. The van der Waals surface area contributed by atoms with Crippen LogP contribution in [0.3, 0.4) is 0 Å². The first kappa shape index (κ1) is 57.3. The highest BCUT2D eigenvalue weighted by atomic mass is 15.2. The van der Waals surface area contributed by atoms with Gasteiger partial charge in [0.2, 0.25) is 0 Å². The van der Waals surface area contributed by atoms with Crippen LogP contribution in [-0.4, -0.2) is 11.3 Å². The molecule has 4 nitrogen and oxygen atoms in total. The smallest absolute Gasteiger partial charge is 0.252 e. The van der Waals surface area contributed by atoms with Gasteiger partial charge in [-0.15, -0.1) is 0 Å². The molecule has 0 atom stereocenters. The van der Waals surface area contributed by atoms with Crippen LogP contribution < -0.4 is 31.1 Å². The van der Waals surface area contributed by atoms with E-state index in [0.29, 0.717) is 5.56 Å². The zero-order chi connectivity index (χ0) is 73.9. The third-order valence-corrected chi connectivity index (χ3v) is 20.8. The van der Waals surface area contributed by atoms with Crippen LogP contribution in [0.5, 0.6) is 0 Å². The molecule has 0 saturated heterocycles. The maximum atomic E-state index is 9.58. The summed E-state index contributed by atoms with van der Waals surface area (Å²) in [6.45, 7) is 13.4. The van der Waals surface area contributed by atoms with Gasteiger partial charge in [0.25, 0.3) is 6.71 Å². The summed E-state index contributed by atoms with van der Waals surface area (Å²) in [5, 5.41) is 2.25. The molecule has 103 heavy (non-hydrogen) atoms. The molecule has 0 aliphatic carbocycles. The van der Waals surface area contributed by atoms with E-state index >= 15 is 0 Å². The quantitative estimate of drug-likeness (QED) is 0.113. The van der Waals surface area contributed by atoms with Gasteiger partial charge in [0, 0.05) is 67.6 Å². The number of hydrogen-bond acceptors (Lipinski definition) is 3. The van der Waals surface area contributed by atoms with Crippen LogP contribution in [0.2, 0.25) is 0 Å². The Balaban J connectivity index is 0.979. The summed E-state index contributed by atoms with van der Waals surface area (Å²) < 4.78 is 48.5. The molecule has 0 saturated carbocycles. The normalized spacial score (nSPS) is 13.2. The van der Waals surface area contributed by atoms with Crippen LogP contribution in [0.25, 0.3) is 94.3 Å². The first-order chi connectivity index (χ1) is 52.4. The molecule has 0 unspecified atom stereocenters. The van der Waals surface area contributed by atoms with Gasteiger partial charge in [-0.3, -0.25) is 0 Å². The van der Waals surface area contributed by atoms with Crippen molar-refractivity contribution in [3.8, 4) is 72.4 Å². The maximum absolute atomic E-state index is 9.58. The van der Waals surface area contributed by atoms with Gasteiger partial charge in [-0.25, -0.2) is 0 Å². The number of nitrogens with zero attached hydrogens (tertiary/aromatic N) is 4. The Labute approximate surface area is 612 Å². The molecule has 15 aromatic carbocycles. The second-order valence-electron chi connectivity index (χ2n) is 29.4. The Hall–Kier alpha value is -12.4. The molecule has 18 rings (SSSR count).